The van der Waals surface area contributed by atoms with Gasteiger partial charge in [0.2, 0.25) is 0 Å². The topological polar surface area (TPSA) is 134 Å². The normalized spacial score (nSPS) is 16.6. The molecular formula is C45H46F2N2O8. The van der Waals surface area contributed by atoms with Gasteiger partial charge in [0, 0.05) is 13.1 Å². The summed E-state index contributed by atoms with van der Waals surface area (Å²) in [5.41, 5.74) is 3.56. The predicted octanol–water partition coefficient (Wildman–Crippen LogP) is 8.21. The van der Waals surface area contributed by atoms with Crippen LogP contribution in [0.2, 0.25) is 0 Å². The molecule has 2 unspecified atom stereocenters. The summed E-state index contributed by atoms with van der Waals surface area (Å²) in [5.74, 6) is -2.15. The van der Waals surface area contributed by atoms with Gasteiger partial charge in [0.1, 0.15) is 11.5 Å². The zero-order chi connectivity index (χ0) is 41.1. The van der Waals surface area contributed by atoms with Crippen molar-refractivity contribution in [2.24, 2.45) is 0 Å². The minimum Gasteiger partial charge on any atom is -0.503 e. The molecule has 0 spiro atoms. The highest BCUT2D eigenvalue weighted by Gasteiger charge is 2.43. The van der Waals surface area contributed by atoms with Crippen molar-refractivity contribution < 1.29 is 47.6 Å². The number of Topliss-reactive ketones (excluding diaryl/α,β-unsaturated/α-hetero) is 2. The molecule has 2 N–H and O–H groups in total. The van der Waals surface area contributed by atoms with E-state index in [1.54, 1.807) is 4.90 Å². The van der Waals surface area contributed by atoms with Crippen LogP contribution in [-0.4, -0.2) is 69.7 Å². The molecule has 0 radical (unpaired) electrons. The van der Waals surface area contributed by atoms with Gasteiger partial charge in [-0.15, -0.1) is 0 Å². The Morgan fingerprint density at radius 3 is 1.42 bits per heavy atom. The van der Waals surface area contributed by atoms with Crippen molar-refractivity contribution in [3.63, 3.8) is 0 Å². The molecule has 0 fully saturated rings. The standard InChI is InChI=1S/C24H27NO4.C21H19F2NO4/c1-3-4-16-29-20-12-10-19(11-13-20)22-21(17(2)26)23(27)24(28)25(22)15-14-18-8-6-5-7-9-18;1-13(25)17-18(15-7-9-16(10-8-15)28-21(22)23)24(20(27)19(17)26)12-11-14-5-3-2-4-6-14/h5-13,22,27H,3-4,14-16H2,1-2H3;2-10,18,21,26H,11-12H2,1H3. The van der Waals surface area contributed by atoms with Crippen molar-refractivity contribution in [2.75, 3.05) is 19.7 Å². The first-order valence-corrected chi connectivity index (χ1v) is 18.8. The number of rotatable bonds is 16. The molecule has 0 bridgehead atoms. The molecule has 4 aromatic rings. The highest BCUT2D eigenvalue weighted by molar-refractivity contribution is 6.08. The molecule has 6 rings (SSSR count). The lowest BCUT2D eigenvalue weighted by Crippen LogP contribution is -2.32. The summed E-state index contributed by atoms with van der Waals surface area (Å²) >= 11 is 0. The molecule has 0 saturated carbocycles. The first kappa shape index (κ1) is 41.9. The fourth-order valence-corrected chi connectivity index (χ4v) is 6.88. The Morgan fingerprint density at radius 2 is 1.05 bits per heavy atom. The number of carbonyl (C=O) groups excluding carboxylic acids is 4. The molecule has 0 aliphatic carbocycles. The van der Waals surface area contributed by atoms with Gasteiger partial charge in [0.15, 0.2) is 23.1 Å². The highest BCUT2D eigenvalue weighted by Crippen LogP contribution is 2.39. The summed E-state index contributed by atoms with van der Waals surface area (Å²) in [6, 6.07) is 31.1. The second kappa shape index (κ2) is 19.5. The molecule has 298 valence electrons. The van der Waals surface area contributed by atoms with E-state index in [9.17, 15) is 38.2 Å². The Labute approximate surface area is 330 Å². The van der Waals surface area contributed by atoms with Crippen LogP contribution in [0.15, 0.2) is 132 Å². The van der Waals surface area contributed by atoms with Crippen LogP contribution in [0.4, 0.5) is 8.78 Å². The average molecular weight is 781 g/mol. The van der Waals surface area contributed by atoms with Crippen molar-refractivity contribution >= 4 is 23.4 Å². The van der Waals surface area contributed by atoms with Crippen molar-refractivity contribution in [3.05, 3.63) is 154 Å². The quantitative estimate of drug-likeness (QED) is 0.109. The van der Waals surface area contributed by atoms with Crippen LogP contribution < -0.4 is 9.47 Å². The van der Waals surface area contributed by atoms with Gasteiger partial charge in [-0.25, -0.2) is 0 Å². The SMILES string of the molecule is CC(=O)C1=C(O)C(=O)N(CCc2ccccc2)C1c1ccc(OC(F)F)cc1.CCCCOc1ccc(C2C(C(C)=O)=C(O)C(=O)N2CCc2ccccc2)cc1. The van der Waals surface area contributed by atoms with Crippen molar-refractivity contribution in [3.8, 4) is 11.5 Å². The molecule has 0 saturated heterocycles. The van der Waals surface area contributed by atoms with Gasteiger partial charge < -0.3 is 29.5 Å². The van der Waals surface area contributed by atoms with Gasteiger partial charge in [-0.1, -0.05) is 98.3 Å². The zero-order valence-corrected chi connectivity index (χ0v) is 32.1. The van der Waals surface area contributed by atoms with Crippen molar-refractivity contribution in [1.29, 1.82) is 0 Å². The number of hydrogen-bond donors (Lipinski definition) is 2. The molecule has 2 atom stereocenters. The molecule has 2 amide bonds. The summed E-state index contributed by atoms with van der Waals surface area (Å²) in [7, 11) is 0. The van der Waals surface area contributed by atoms with Crippen molar-refractivity contribution in [1.82, 2.24) is 9.80 Å². The second-order valence-electron chi connectivity index (χ2n) is 13.6. The van der Waals surface area contributed by atoms with Crippen LogP contribution in [0, 0.1) is 0 Å². The third kappa shape index (κ3) is 10.3. The van der Waals surface area contributed by atoms with Crippen LogP contribution >= 0.6 is 0 Å². The number of ether oxygens (including phenoxy) is 2. The zero-order valence-electron chi connectivity index (χ0n) is 32.1. The lowest BCUT2D eigenvalue weighted by Gasteiger charge is -2.26. The number of aliphatic hydroxyl groups excluding tert-OH is 2. The third-order valence-corrected chi connectivity index (χ3v) is 9.72. The first-order valence-electron chi connectivity index (χ1n) is 18.8. The minimum atomic E-state index is -2.95. The molecule has 2 aliphatic rings. The predicted molar refractivity (Wildman–Crippen MR) is 210 cm³/mol. The van der Waals surface area contributed by atoms with E-state index >= 15 is 0 Å². The molecular weight excluding hydrogens is 734 g/mol. The lowest BCUT2D eigenvalue weighted by atomic mass is 9.96. The maximum atomic E-state index is 12.7. The van der Waals surface area contributed by atoms with Crippen LogP contribution in [0.5, 0.6) is 11.5 Å². The number of carbonyl (C=O) groups is 4. The van der Waals surface area contributed by atoms with E-state index in [1.807, 2.05) is 84.9 Å². The van der Waals surface area contributed by atoms with Crippen LogP contribution in [0.1, 0.15) is 68.0 Å². The Balaban J connectivity index is 0.000000218. The molecule has 0 aromatic heterocycles. The number of aliphatic hydroxyl groups is 2. The van der Waals surface area contributed by atoms with E-state index in [2.05, 4.69) is 11.7 Å². The lowest BCUT2D eigenvalue weighted by molar-refractivity contribution is -0.130. The Bertz CT molecular complexity index is 2090. The molecule has 57 heavy (non-hydrogen) atoms. The number of hydrogen-bond acceptors (Lipinski definition) is 8. The fraction of sp³-hybridized carbons (Fsp3) is 0.289. The van der Waals surface area contributed by atoms with Gasteiger partial charge in [-0.05, 0) is 79.6 Å². The monoisotopic (exact) mass is 780 g/mol. The molecule has 12 heteroatoms. The van der Waals surface area contributed by atoms with Gasteiger partial charge >= 0.3 is 6.61 Å². The van der Waals surface area contributed by atoms with Gasteiger partial charge in [-0.2, -0.15) is 8.78 Å². The maximum Gasteiger partial charge on any atom is 0.387 e. The number of benzene rings is 4. The Morgan fingerprint density at radius 1 is 0.649 bits per heavy atom. The van der Waals surface area contributed by atoms with E-state index in [-0.39, 0.29) is 29.2 Å². The Hall–Kier alpha value is -6.30. The van der Waals surface area contributed by atoms with E-state index in [1.165, 1.54) is 43.0 Å². The molecule has 4 aromatic carbocycles. The second-order valence-corrected chi connectivity index (χ2v) is 13.6. The van der Waals surface area contributed by atoms with E-state index in [0.29, 0.717) is 31.6 Å². The van der Waals surface area contributed by atoms with Gasteiger partial charge in [0.05, 0.1) is 29.8 Å². The fourth-order valence-electron chi connectivity index (χ4n) is 6.88. The first-order chi connectivity index (χ1) is 27.4. The maximum absolute atomic E-state index is 12.7. The summed E-state index contributed by atoms with van der Waals surface area (Å²) in [6.07, 6.45) is 3.22. The van der Waals surface area contributed by atoms with Crippen LogP contribution in [0.3, 0.4) is 0 Å². The summed E-state index contributed by atoms with van der Waals surface area (Å²) in [5, 5.41) is 20.6. The van der Waals surface area contributed by atoms with E-state index in [0.717, 1.165) is 35.3 Å². The smallest absolute Gasteiger partial charge is 0.387 e. The number of ketones is 2. The number of amides is 2. The van der Waals surface area contributed by atoms with E-state index < -0.39 is 47.8 Å². The highest BCUT2D eigenvalue weighted by atomic mass is 19.3. The largest absolute Gasteiger partial charge is 0.503 e. The third-order valence-electron chi connectivity index (χ3n) is 9.72. The number of halogens is 2. The number of nitrogens with zero attached hydrogens (tertiary/aromatic N) is 2. The summed E-state index contributed by atoms with van der Waals surface area (Å²) < 4.78 is 34.8. The summed E-state index contributed by atoms with van der Waals surface area (Å²) in [6.45, 7) is 3.16. The average Bonchev–Trinajstić information content (AvgIpc) is 3.61. The molecule has 2 heterocycles. The Kier molecular flexibility index (Phi) is 14.3. The van der Waals surface area contributed by atoms with Crippen LogP contribution in [0.25, 0.3) is 0 Å². The summed E-state index contributed by atoms with van der Waals surface area (Å²) in [4.78, 5) is 52.6. The molecule has 2 aliphatic heterocycles. The van der Waals surface area contributed by atoms with Crippen molar-refractivity contribution in [2.45, 2.75) is 65.1 Å². The molecule has 10 nitrogen and oxygen atoms in total. The minimum absolute atomic E-state index is 0.000546. The van der Waals surface area contributed by atoms with E-state index in [4.69, 9.17) is 4.74 Å². The van der Waals surface area contributed by atoms with Gasteiger partial charge in [0.25, 0.3) is 11.8 Å². The van der Waals surface area contributed by atoms with Gasteiger partial charge in [-0.3, -0.25) is 19.2 Å². The number of unbranched alkanes of at least 4 members (excludes halogenated alkanes) is 1. The van der Waals surface area contributed by atoms with Crippen LogP contribution in [-0.2, 0) is 32.0 Å². The number of alkyl halides is 2.